The van der Waals surface area contributed by atoms with Crippen molar-refractivity contribution >= 4 is 0 Å². The highest BCUT2D eigenvalue weighted by atomic mass is 15.1. The molecule has 0 N–H and O–H groups in total. The second kappa shape index (κ2) is 18.7. The molecule has 1 rings (SSSR count). The lowest BCUT2D eigenvalue weighted by atomic mass is 10.2. The summed E-state index contributed by atoms with van der Waals surface area (Å²) in [5.41, 5.74) is 0. The summed E-state index contributed by atoms with van der Waals surface area (Å²) in [7, 11) is 2.22. The standard InChI is InChI=1S/C7H15N.3C2H6/c1-3-7-5-4-6-8(7)2;3*1-2/h7H,3-6H2,1-2H3;3*1-2H3. The molecule has 1 saturated heterocycles. The Morgan fingerprint density at radius 3 is 1.57 bits per heavy atom. The molecular weight excluding hydrogens is 170 g/mol. The minimum Gasteiger partial charge on any atom is -0.303 e. The first kappa shape index (κ1) is 19.5. The summed E-state index contributed by atoms with van der Waals surface area (Å²) in [4.78, 5) is 2.46. The van der Waals surface area contributed by atoms with E-state index < -0.39 is 0 Å². The van der Waals surface area contributed by atoms with Gasteiger partial charge in [-0.25, -0.2) is 0 Å². The van der Waals surface area contributed by atoms with E-state index in [1.807, 2.05) is 41.5 Å². The van der Waals surface area contributed by atoms with Crippen molar-refractivity contribution in [3.8, 4) is 0 Å². The van der Waals surface area contributed by atoms with Gasteiger partial charge in [-0.05, 0) is 32.9 Å². The first-order valence-electron chi connectivity index (χ1n) is 6.55. The largest absolute Gasteiger partial charge is 0.303 e. The summed E-state index contributed by atoms with van der Waals surface area (Å²) in [5.74, 6) is 0. The van der Waals surface area contributed by atoms with Crippen LogP contribution in [0, 0.1) is 0 Å². The maximum Gasteiger partial charge on any atom is 0.00900 e. The van der Waals surface area contributed by atoms with E-state index in [-0.39, 0.29) is 0 Å². The van der Waals surface area contributed by atoms with Crippen molar-refractivity contribution in [2.24, 2.45) is 0 Å². The van der Waals surface area contributed by atoms with Crippen LogP contribution in [-0.4, -0.2) is 24.5 Å². The maximum atomic E-state index is 2.46. The molecule has 1 unspecified atom stereocenters. The Labute approximate surface area is 92.9 Å². The molecule has 0 aromatic carbocycles. The van der Waals surface area contributed by atoms with E-state index in [1.165, 1.54) is 25.8 Å². The van der Waals surface area contributed by atoms with Gasteiger partial charge in [0.2, 0.25) is 0 Å². The third-order valence-corrected chi connectivity index (χ3v) is 2.14. The second-order valence-corrected chi connectivity index (χ2v) is 2.68. The van der Waals surface area contributed by atoms with Crippen molar-refractivity contribution in [2.75, 3.05) is 13.6 Å². The molecule has 90 valence electrons. The Morgan fingerprint density at radius 2 is 1.43 bits per heavy atom. The molecule has 0 saturated carbocycles. The Balaban J connectivity index is -0.000000174. The van der Waals surface area contributed by atoms with Crippen LogP contribution in [0.4, 0.5) is 0 Å². The van der Waals surface area contributed by atoms with Crippen LogP contribution in [-0.2, 0) is 0 Å². The first-order valence-corrected chi connectivity index (χ1v) is 6.55. The van der Waals surface area contributed by atoms with Crippen molar-refractivity contribution in [2.45, 2.75) is 73.8 Å². The van der Waals surface area contributed by atoms with E-state index in [0.717, 1.165) is 6.04 Å². The van der Waals surface area contributed by atoms with E-state index in [2.05, 4.69) is 18.9 Å². The molecule has 1 aliphatic heterocycles. The Kier molecular flexibility index (Phi) is 26.1. The highest BCUT2D eigenvalue weighted by Gasteiger charge is 2.17. The van der Waals surface area contributed by atoms with Gasteiger partial charge in [-0.2, -0.15) is 0 Å². The van der Waals surface area contributed by atoms with E-state index in [0.29, 0.717) is 0 Å². The van der Waals surface area contributed by atoms with E-state index in [9.17, 15) is 0 Å². The highest BCUT2D eigenvalue weighted by Crippen LogP contribution is 2.16. The quantitative estimate of drug-likeness (QED) is 0.603. The summed E-state index contributed by atoms with van der Waals surface area (Å²) in [6, 6.07) is 0.898. The van der Waals surface area contributed by atoms with Crippen LogP contribution in [0.5, 0.6) is 0 Å². The molecule has 1 heteroatoms. The van der Waals surface area contributed by atoms with Crippen molar-refractivity contribution < 1.29 is 0 Å². The molecule has 0 spiro atoms. The molecule has 1 heterocycles. The van der Waals surface area contributed by atoms with Crippen LogP contribution in [0.1, 0.15) is 67.7 Å². The molecule has 0 bridgehead atoms. The lowest BCUT2D eigenvalue weighted by molar-refractivity contribution is 0.304. The summed E-state index contributed by atoms with van der Waals surface area (Å²) in [5, 5.41) is 0. The predicted octanol–water partition coefficient (Wildman–Crippen LogP) is 4.57. The van der Waals surface area contributed by atoms with Gasteiger partial charge in [0.05, 0.1) is 0 Å². The summed E-state index contributed by atoms with van der Waals surface area (Å²) < 4.78 is 0. The van der Waals surface area contributed by atoms with Gasteiger partial charge < -0.3 is 4.90 Å². The van der Waals surface area contributed by atoms with Crippen LogP contribution in [0.15, 0.2) is 0 Å². The number of hydrogen-bond acceptors (Lipinski definition) is 1. The lowest BCUT2D eigenvalue weighted by Crippen LogP contribution is -2.23. The maximum absolute atomic E-state index is 2.46. The SMILES string of the molecule is CC.CC.CC.CCC1CCCN1C. The normalized spacial score (nSPS) is 19.3. The molecule has 1 atom stereocenters. The van der Waals surface area contributed by atoms with Crippen molar-refractivity contribution in [1.29, 1.82) is 0 Å². The van der Waals surface area contributed by atoms with Gasteiger partial charge in [-0.3, -0.25) is 0 Å². The fourth-order valence-corrected chi connectivity index (χ4v) is 1.50. The highest BCUT2D eigenvalue weighted by molar-refractivity contribution is 4.73. The van der Waals surface area contributed by atoms with Gasteiger partial charge in [-0.15, -0.1) is 0 Å². The smallest absolute Gasteiger partial charge is 0.00900 e. The third-order valence-electron chi connectivity index (χ3n) is 2.14. The second-order valence-electron chi connectivity index (χ2n) is 2.68. The van der Waals surface area contributed by atoms with E-state index >= 15 is 0 Å². The summed E-state index contributed by atoms with van der Waals surface area (Å²) in [6.45, 7) is 15.6. The fourth-order valence-electron chi connectivity index (χ4n) is 1.50. The minimum absolute atomic E-state index is 0.898. The summed E-state index contributed by atoms with van der Waals surface area (Å²) >= 11 is 0. The Morgan fingerprint density at radius 1 is 1.00 bits per heavy atom. The predicted molar refractivity (Wildman–Crippen MR) is 70.0 cm³/mol. The van der Waals surface area contributed by atoms with Crippen molar-refractivity contribution in [1.82, 2.24) is 4.90 Å². The molecule has 1 aliphatic rings. The number of rotatable bonds is 1. The van der Waals surface area contributed by atoms with Crippen molar-refractivity contribution in [3.05, 3.63) is 0 Å². The first-order chi connectivity index (χ1) is 6.84. The van der Waals surface area contributed by atoms with Gasteiger partial charge in [-0.1, -0.05) is 48.5 Å². The minimum atomic E-state index is 0.898. The van der Waals surface area contributed by atoms with E-state index in [4.69, 9.17) is 0 Å². The fraction of sp³-hybridized carbons (Fsp3) is 1.00. The molecule has 0 aromatic heterocycles. The molecule has 0 radical (unpaired) electrons. The number of hydrogen-bond donors (Lipinski definition) is 0. The van der Waals surface area contributed by atoms with E-state index in [1.54, 1.807) is 0 Å². The molecule has 1 nitrogen and oxygen atoms in total. The third kappa shape index (κ3) is 10.0. The van der Waals surface area contributed by atoms with Gasteiger partial charge in [0.25, 0.3) is 0 Å². The average molecular weight is 203 g/mol. The van der Waals surface area contributed by atoms with Crippen LogP contribution in [0.2, 0.25) is 0 Å². The van der Waals surface area contributed by atoms with Gasteiger partial charge in [0.1, 0.15) is 0 Å². The van der Waals surface area contributed by atoms with Gasteiger partial charge in [0.15, 0.2) is 0 Å². The van der Waals surface area contributed by atoms with Crippen LogP contribution in [0.3, 0.4) is 0 Å². The Bertz CT molecular complexity index is 71.6. The lowest BCUT2D eigenvalue weighted by Gasteiger charge is -2.16. The topological polar surface area (TPSA) is 3.24 Å². The van der Waals surface area contributed by atoms with Crippen LogP contribution >= 0.6 is 0 Å². The molecular formula is C13H33N. The van der Waals surface area contributed by atoms with Gasteiger partial charge >= 0.3 is 0 Å². The number of likely N-dealkylation sites (tertiary alicyclic amines) is 1. The number of nitrogens with zero attached hydrogens (tertiary/aromatic N) is 1. The zero-order valence-electron chi connectivity index (χ0n) is 11.9. The molecule has 0 aromatic rings. The molecule has 0 aliphatic carbocycles. The molecule has 14 heavy (non-hydrogen) atoms. The summed E-state index contributed by atoms with van der Waals surface area (Å²) in [6.07, 6.45) is 4.17. The molecule has 0 amide bonds. The van der Waals surface area contributed by atoms with Crippen LogP contribution in [0.25, 0.3) is 0 Å². The van der Waals surface area contributed by atoms with Crippen LogP contribution < -0.4 is 0 Å². The zero-order valence-corrected chi connectivity index (χ0v) is 11.9. The molecule has 1 fully saturated rings. The van der Waals surface area contributed by atoms with Gasteiger partial charge in [0, 0.05) is 6.04 Å². The zero-order chi connectivity index (χ0) is 12.0. The average Bonchev–Trinajstić information content (AvgIpc) is 2.72. The van der Waals surface area contributed by atoms with Crippen molar-refractivity contribution in [3.63, 3.8) is 0 Å². The Hall–Kier alpha value is -0.0400. The monoisotopic (exact) mass is 203 g/mol.